The molecule has 4 heteroatoms. The fourth-order valence-electron chi connectivity index (χ4n) is 2.45. The Hall–Kier alpha value is -1.00. The SMILES string of the molecule is Cc1ccc(S)cc1C(=O)N1CCCCC1CO. The van der Waals surface area contributed by atoms with Crippen molar-refractivity contribution in [3.05, 3.63) is 29.3 Å². The second-order valence-corrected chi connectivity index (χ2v) is 5.35. The predicted octanol–water partition coefficient (Wildman–Crippen LogP) is 2.27. The Bertz CT molecular complexity index is 447. The van der Waals surface area contributed by atoms with Gasteiger partial charge in [-0.3, -0.25) is 4.79 Å². The van der Waals surface area contributed by atoms with Gasteiger partial charge in [-0.1, -0.05) is 6.07 Å². The first kappa shape index (κ1) is 13.4. The van der Waals surface area contributed by atoms with Gasteiger partial charge >= 0.3 is 0 Å². The van der Waals surface area contributed by atoms with Gasteiger partial charge in [0.15, 0.2) is 0 Å². The fourth-order valence-corrected chi connectivity index (χ4v) is 2.66. The largest absolute Gasteiger partial charge is 0.394 e. The van der Waals surface area contributed by atoms with Gasteiger partial charge in [0.1, 0.15) is 0 Å². The number of amides is 1. The van der Waals surface area contributed by atoms with E-state index in [2.05, 4.69) is 12.6 Å². The first-order valence-corrected chi connectivity index (χ1v) is 6.79. The van der Waals surface area contributed by atoms with E-state index in [1.807, 2.05) is 25.1 Å². The topological polar surface area (TPSA) is 40.5 Å². The van der Waals surface area contributed by atoms with Crippen molar-refractivity contribution in [2.45, 2.75) is 37.1 Å². The minimum absolute atomic E-state index is 0.0159. The van der Waals surface area contributed by atoms with Crippen LogP contribution in [0.5, 0.6) is 0 Å². The Morgan fingerprint density at radius 2 is 2.28 bits per heavy atom. The summed E-state index contributed by atoms with van der Waals surface area (Å²) in [7, 11) is 0. The van der Waals surface area contributed by atoms with Crippen LogP contribution in [0.15, 0.2) is 23.1 Å². The normalized spacial score (nSPS) is 19.9. The summed E-state index contributed by atoms with van der Waals surface area (Å²) in [6.45, 7) is 2.71. The summed E-state index contributed by atoms with van der Waals surface area (Å²) in [5.74, 6) is 0.0159. The van der Waals surface area contributed by atoms with Crippen molar-refractivity contribution in [2.24, 2.45) is 0 Å². The standard InChI is InChI=1S/C14H19NO2S/c1-10-5-6-12(18)8-13(10)14(17)15-7-3-2-4-11(15)9-16/h5-6,8,11,16,18H,2-4,7,9H2,1H3. The molecular weight excluding hydrogens is 246 g/mol. The number of hydrogen-bond acceptors (Lipinski definition) is 3. The average molecular weight is 265 g/mol. The van der Waals surface area contributed by atoms with E-state index in [9.17, 15) is 9.90 Å². The minimum Gasteiger partial charge on any atom is -0.394 e. The van der Waals surface area contributed by atoms with Gasteiger partial charge in [0.25, 0.3) is 5.91 Å². The number of hydrogen-bond donors (Lipinski definition) is 2. The molecule has 1 N–H and O–H groups in total. The summed E-state index contributed by atoms with van der Waals surface area (Å²) in [6.07, 6.45) is 2.99. The number of aliphatic hydroxyl groups excluding tert-OH is 1. The van der Waals surface area contributed by atoms with Crippen molar-refractivity contribution < 1.29 is 9.90 Å². The molecule has 1 heterocycles. The molecule has 1 unspecified atom stereocenters. The van der Waals surface area contributed by atoms with Crippen molar-refractivity contribution in [1.29, 1.82) is 0 Å². The summed E-state index contributed by atoms with van der Waals surface area (Å²) in [6, 6.07) is 5.57. The maximum Gasteiger partial charge on any atom is 0.254 e. The molecule has 3 nitrogen and oxygen atoms in total. The molecular formula is C14H19NO2S. The molecule has 1 aromatic rings. The van der Waals surface area contributed by atoms with E-state index in [1.165, 1.54) is 0 Å². The highest BCUT2D eigenvalue weighted by atomic mass is 32.1. The third-order valence-corrected chi connectivity index (χ3v) is 3.83. The zero-order chi connectivity index (χ0) is 13.1. The smallest absolute Gasteiger partial charge is 0.254 e. The van der Waals surface area contributed by atoms with Crippen LogP contribution < -0.4 is 0 Å². The highest BCUT2D eigenvalue weighted by Gasteiger charge is 2.27. The molecule has 1 saturated heterocycles. The van der Waals surface area contributed by atoms with Crippen LogP contribution in [0.4, 0.5) is 0 Å². The van der Waals surface area contributed by atoms with Crippen molar-refractivity contribution in [1.82, 2.24) is 4.90 Å². The molecule has 1 aliphatic heterocycles. The zero-order valence-electron chi connectivity index (χ0n) is 10.6. The van der Waals surface area contributed by atoms with E-state index in [4.69, 9.17) is 0 Å². The number of nitrogens with zero attached hydrogens (tertiary/aromatic N) is 1. The fraction of sp³-hybridized carbons (Fsp3) is 0.500. The molecule has 0 bridgehead atoms. The van der Waals surface area contributed by atoms with Crippen LogP contribution in [0.25, 0.3) is 0 Å². The van der Waals surface area contributed by atoms with Gasteiger partial charge in [-0.2, -0.15) is 0 Å². The van der Waals surface area contributed by atoms with Crippen LogP contribution in [0.1, 0.15) is 35.2 Å². The summed E-state index contributed by atoms with van der Waals surface area (Å²) >= 11 is 4.29. The zero-order valence-corrected chi connectivity index (χ0v) is 11.5. The van der Waals surface area contributed by atoms with Gasteiger partial charge in [-0.15, -0.1) is 12.6 Å². The second kappa shape index (κ2) is 5.76. The monoisotopic (exact) mass is 265 g/mol. The molecule has 98 valence electrons. The van der Waals surface area contributed by atoms with Gasteiger partial charge in [-0.05, 0) is 43.9 Å². The lowest BCUT2D eigenvalue weighted by Crippen LogP contribution is -2.45. The maximum atomic E-state index is 12.5. The molecule has 0 aromatic heterocycles. The van der Waals surface area contributed by atoms with Crippen LogP contribution in [0, 0.1) is 6.92 Å². The number of aryl methyl sites for hydroxylation is 1. The lowest BCUT2D eigenvalue weighted by atomic mass is 10.00. The Kier molecular flexibility index (Phi) is 4.30. The van der Waals surface area contributed by atoms with E-state index in [-0.39, 0.29) is 18.6 Å². The van der Waals surface area contributed by atoms with Gasteiger partial charge in [-0.25, -0.2) is 0 Å². The Morgan fingerprint density at radius 3 is 3.00 bits per heavy atom. The molecule has 0 spiro atoms. The van der Waals surface area contributed by atoms with Crippen LogP contribution in [0.3, 0.4) is 0 Å². The number of likely N-dealkylation sites (tertiary alicyclic amines) is 1. The van der Waals surface area contributed by atoms with Crippen molar-refractivity contribution in [3.63, 3.8) is 0 Å². The number of carbonyl (C=O) groups excluding carboxylic acids is 1. The number of piperidine rings is 1. The third-order valence-electron chi connectivity index (χ3n) is 3.55. The molecule has 1 amide bonds. The lowest BCUT2D eigenvalue weighted by molar-refractivity contribution is 0.0502. The second-order valence-electron chi connectivity index (χ2n) is 4.83. The van der Waals surface area contributed by atoms with Crippen molar-refractivity contribution >= 4 is 18.5 Å². The first-order chi connectivity index (χ1) is 8.63. The van der Waals surface area contributed by atoms with Crippen molar-refractivity contribution in [2.75, 3.05) is 13.2 Å². The van der Waals surface area contributed by atoms with Crippen LogP contribution in [-0.2, 0) is 0 Å². The lowest BCUT2D eigenvalue weighted by Gasteiger charge is -2.35. The molecule has 1 aromatic carbocycles. The van der Waals surface area contributed by atoms with E-state index in [0.717, 1.165) is 36.3 Å². The first-order valence-electron chi connectivity index (χ1n) is 6.35. The molecule has 0 aliphatic carbocycles. The highest BCUT2D eigenvalue weighted by molar-refractivity contribution is 7.80. The molecule has 2 rings (SSSR count). The molecule has 0 radical (unpaired) electrons. The van der Waals surface area contributed by atoms with Crippen LogP contribution in [-0.4, -0.2) is 35.1 Å². The Morgan fingerprint density at radius 1 is 1.50 bits per heavy atom. The number of thiol groups is 1. The third kappa shape index (κ3) is 2.70. The molecule has 0 saturated carbocycles. The van der Waals surface area contributed by atoms with Gasteiger partial charge < -0.3 is 10.0 Å². The molecule has 1 fully saturated rings. The van der Waals surface area contributed by atoms with Gasteiger partial charge in [0.05, 0.1) is 12.6 Å². The molecule has 1 aliphatic rings. The van der Waals surface area contributed by atoms with E-state index in [1.54, 1.807) is 4.90 Å². The molecule has 1 atom stereocenters. The van der Waals surface area contributed by atoms with Crippen molar-refractivity contribution in [3.8, 4) is 0 Å². The van der Waals surface area contributed by atoms with E-state index >= 15 is 0 Å². The van der Waals surface area contributed by atoms with Gasteiger partial charge in [0, 0.05) is 17.0 Å². The van der Waals surface area contributed by atoms with E-state index < -0.39 is 0 Å². The predicted molar refractivity (Wildman–Crippen MR) is 74.2 cm³/mol. The molecule has 18 heavy (non-hydrogen) atoms. The number of carbonyl (C=O) groups is 1. The summed E-state index contributed by atoms with van der Waals surface area (Å²) < 4.78 is 0. The number of benzene rings is 1. The number of rotatable bonds is 2. The summed E-state index contributed by atoms with van der Waals surface area (Å²) in [4.78, 5) is 15.1. The minimum atomic E-state index is -0.0331. The van der Waals surface area contributed by atoms with Gasteiger partial charge in [0.2, 0.25) is 0 Å². The Labute approximate surface area is 113 Å². The van der Waals surface area contributed by atoms with Crippen LogP contribution in [0.2, 0.25) is 0 Å². The Balaban J connectivity index is 2.26. The average Bonchev–Trinajstić information content (AvgIpc) is 2.40. The van der Waals surface area contributed by atoms with Crippen LogP contribution >= 0.6 is 12.6 Å². The number of aliphatic hydroxyl groups is 1. The summed E-state index contributed by atoms with van der Waals surface area (Å²) in [5, 5.41) is 9.37. The quantitative estimate of drug-likeness (QED) is 0.805. The van der Waals surface area contributed by atoms with E-state index in [0.29, 0.717) is 5.56 Å². The highest BCUT2D eigenvalue weighted by Crippen LogP contribution is 2.22. The summed E-state index contributed by atoms with van der Waals surface area (Å²) in [5.41, 5.74) is 1.66. The maximum absolute atomic E-state index is 12.5.